The lowest BCUT2D eigenvalue weighted by Crippen LogP contribution is -2.30. The standard InChI is InChI=1S/C20H19ClN2O4/c1-26-15-9-8-14(10-16(15)27-2)11-22-18-17(21)19(24)23(20(18)25)12-13-6-4-3-5-7-13/h3-10,17H,11-12H2,1-2H3. The molecule has 1 atom stereocenters. The number of likely N-dealkylation sites (tertiary alicyclic amines) is 1. The van der Waals surface area contributed by atoms with Gasteiger partial charge in [-0.25, -0.2) is 0 Å². The maximum absolute atomic E-state index is 12.6. The second-order valence-electron chi connectivity index (χ2n) is 5.97. The van der Waals surface area contributed by atoms with Crippen LogP contribution in [0.25, 0.3) is 0 Å². The first-order valence-corrected chi connectivity index (χ1v) is 8.77. The van der Waals surface area contributed by atoms with Gasteiger partial charge in [-0.2, -0.15) is 0 Å². The van der Waals surface area contributed by atoms with Crippen molar-refractivity contribution in [3.63, 3.8) is 0 Å². The van der Waals surface area contributed by atoms with Crippen molar-refractivity contribution in [2.24, 2.45) is 4.99 Å². The van der Waals surface area contributed by atoms with E-state index in [1.54, 1.807) is 26.4 Å². The Hall–Kier alpha value is -2.86. The number of halogens is 1. The molecular weight excluding hydrogens is 368 g/mol. The van der Waals surface area contributed by atoms with Crippen LogP contribution in [0.5, 0.6) is 11.5 Å². The van der Waals surface area contributed by atoms with Crippen molar-refractivity contribution in [3.8, 4) is 11.5 Å². The van der Waals surface area contributed by atoms with E-state index in [0.29, 0.717) is 11.5 Å². The van der Waals surface area contributed by atoms with Crippen molar-refractivity contribution in [3.05, 3.63) is 59.7 Å². The maximum Gasteiger partial charge on any atom is 0.276 e. The van der Waals surface area contributed by atoms with Crippen molar-refractivity contribution in [1.29, 1.82) is 0 Å². The molecule has 1 fully saturated rings. The number of benzene rings is 2. The smallest absolute Gasteiger partial charge is 0.276 e. The highest BCUT2D eigenvalue weighted by Crippen LogP contribution is 2.28. The lowest BCUT2D eigenvalue weighted by Gasteiger charge is -2.12. The van der Waals surface area contributed by atoms with Crippen LogP contribution in [0.3, 0.4) is 0 Å². The third-order valence-corrected chi connectivity index (χ3v) is 4.64. The average Bonchev–Trinajstić information content (AvgIpc) is 2.90. The van der Waals surface area contributed by atoms with Gasteiger partial charge in [0, 0.05) is 0 Å². The molecule has 0 saturated carbocycles. The molecule has 6 nitrogen and oxygen atoms in total. The molecule has 3 rings (SSSR count). The quantitative estimate of drug-likeness (QED) is 0.565. The Morgan fingerprint density at radius 3 is 2.37 bits per heavy atom. The summed E-state index contributed by atoms with van der Waals surface area (Å²) in [6.07, 6.45) is 0. The fourth-order valence-electron chi connectivity index (χ4n) is 2.82. The van der Waals surface area contributed by atoms with Crippen molar-refractivity contribution in [2.75, 3.05) is 14.2 Å². The number of alkyl halides is 1. The minimum Gasteiger partial charge on any atom is -0.493 e. The summed E-state index contributed by atoms with van der Waals surface area (Å²) in [6.45, 7) is 0.383. The fraction of sp³-hybridized carbons (Fsp3) is 0.250. The number of aliphatic imine (C=N–C) groups is 1. The lowest BCUT2D eigenvalue weighted by atomic mass is 10.2. The van der Waals surface area contributed by atoms with E-state index in [2.05, 4.69) is 4.99 Å². The molecule has 140 valence electrons. The van der Waals surface area contributed by atoms with Gasteiger partial charge in [0.15, 0.2) is 16.9 Å². The molecule has 2 amide bonds. The van der Waals surface area contributed by atoms with Crippen LogP contribution >= 0.6 is 11.6 Å². The molecule has 7 heteroatoms. The predicted octanol–water partition coefficient (Wildman–Crippen LogP) is 2.82. The minimum absolute atomic E-state index is 0.0624. The summed E-state index contributed by atoms with van der Waals surface area (Å²) in [5, 5.41) is -1.07. The fourth-order valence-corrected chi connectivity index (χ4v) is 3.10. The number of ether oxygens (including phenoxy) is 2. The molecule has 0 aliphatic carbocycles. The highest BCUT2D eigenvalue weighted by molar-refractivity contribution is 6.63. The Morgan fingerprint density at radius 1 is 1.00 bits per heavy atom. The number of hydrogen-bond donors (Lipinski definition) is 0. The van der Waals surface area contributed by atoms with Gasteiger partial charge in [0.2, 0.25) is 0 Å². The molecule has 1 saturated heterocycles. The molecule has 1 unspecified atom stereocenters. The van der Waals surface area contributed by atoms with Crippen molar-refractivity contribution in [2.45, 2.75) is 18.5 Å². The molecule has 0 bridgehead atoms. The van der Waals surface area contributed by atoms with E-state index in [9.17, 15) is 9.59 Å². The van der Waals surface area contributed by atoms with E-state index < -0.39 is 17.2 Å². The van der Waals surface area contributed by atoms with Crippen molar-refractivity contribution < 1.29 is 19.1 Å². The number of imide groups is 1. The summed E-state index contributed by atoms with van der Waals surface area (Å²) >= 11 is 6.17. The normalized spacial score (nSPS) is 18.3. The summed E-state index contributed by atoms with van der Waals surface area (Å²) in [5.41, 5.74) is 1.72. The second-order valence-corrected chi connectivity index (χ2v) is 6.40. The third kappa shape index (κ3) is 3.95. The van der Waals surface area contributed by atoms with Crippen LogP contribution in [0.2, 0.25) is 0 Å². The molecule has 1 aliphatic heterocycles. The molecular formula is C20H19ClN2O4. The highest BCUT2D eigenvalue weighted by Gasteiger charge is 2.43. The highest BCUT2D eigenvalue weighted by atomic mass is 35.5. The molecule has 1 heterocycles. The number of carbonyl (C=O) groups is 2. The van der Waals surface area contributed by atoms with Gasteiger partial charge in [-0.05, 0) is 23.3 Å². The molecule has 0 N–H and O–H groups in total. The zero-order chi connectivity index (χ0) is 19.4. The number of hydrogen-bond acceptors (Lipinski definition) is 5. The second kappa shape index (κ2) is 8.22. The monoisotopic (exact) mass is 386 g/mol. The number of methoxy groups -OCH3 is 2. The number of nitrogens with zero attached hydrogens (tertiary/aromatic N) is 2. The summed E-state index contributed by atoms with van der Waals surface area (Å²) < 4.78 is 10.5. The molecule has 2 aromatic carbocycles. The minimum atomic E-state index is -1.07. The van der Waals surface area contributed by atoms with Crippen molar-refractivity contribution >= 4 is 29.1 Å². The summed E-state index contributed by atoms with van der Waals surface area (Å²) in [6, 6.07) is 14.6. The van der Waals surface area contributed by atoms with Gasteiger partial charge >= 0.3 is 0 Å². The van der Waals surface area contributed by atoms with Crippen LogP contribution in [0.4, 0.5) is 0 Å². The average molecular weight is 387 g/mol. The predicted molar refractivity (Wildman–Crippen MR) is 102 cm³/mol. The SMILES string of the molecule is COc1ccc(CN=C2C(=O)N(Cc3ccccc3)C(=O)C2Cl)cc1OC. The topological polar surface area (TPSA) is 68.2 Å². The van der Waals surface area contributed by atoms with Crippen LogP contribution in [0.15, 0.2) is 53.5 Å². The van der Waals surface area contributed by atoms with Gasteiger partial charge in [-0.15, -0.1) is 11.6 Å². The Balaban J connectivity index is 1.78. The van der Waals surface area contributed by atoms with Crippen LogP contribution in [0, 0.1) is 0 Å². The molecule has 0 aromatic heterocycles. The Morgan fingerprint density at radius 2 is 1.70 bits per heavy atom. The first kappa shape index (κ1) is 18.9. The lowest BCUT2D eigenvalue weighted by molar-refractivity contribution is -0.137. The number of rotatable bonds is 6. The van der Waals surface area contributed by atoms with E-state index in [-0.39, 0.29) is 18.8 Å². The maximum atomic E-state index is 12.6. The molecule has 0 radical (unpaired) electrons. The van der Waals surface area contributed by atoms with Gasteiger partial charge in [0.1, 0.15) is 5.71 Å². The number of amides is 2. The summed E-state index contributed by atoms with van der Waals surface area (Å²) in [4.78, 5) is 30.4. The molecule has 1 aliphatic rings. The van der Waals surface area contributed by atoms with E-state index >= 15 is 0 Å². The zero-order valence-corrected chi connectivity index (χ0v) is 15.8. The summed E-state index contributed by atoms with van der Waals surface area (Å²) in [7, 11) is 3.10. The molecule has 0 spiro atoms. The first-order valence-electron chi connectivity index (χ1n) is 8.34. The van der Waals surface area contributed by atoms with E-state index in [1.807, 2.05) is 36.4 Å². The first-order chi connectivity index (χ1) is 13.0. The van der Waals surface area contributed by atoms with Crippen LogP contribution in [-0.2, 0) is 22.7 Å². The molecule has 27 heavy (non-hydrogen) atoms. The number of carbonyl (C=O) groups excluding carboxylic acids is 2. The largest absolute Gasteiger partial charge is 0.493 e. The Labute approximate surface area is 162 Å². The van der Waals surface area contributed by atoms with Crippen LogP contribution in [-0.4, -0.2) is 42.0 Å². The summed E-state index contributed by atoms with van der Waals surface area (Å²) in [5.74, 6) is 0.267. The Bertz CT molecular complexity index is 883. The van der Waals surface area contributed by atoms with E-state index in [4.69, 9.17) is 21.1 Å². The van der Waals surface area contributed by atoms with E-state index in [0.717, 1.165) is 16.0 Å². The van der Waals surface area contributed by atoms with Gasteiger partial charge in [-0.3, -0.25) is 19.5 Å². The van der Waals surface area contributed by atoms with Gasteiger partial charge in [0.25, 0.3) is 11.8 Å². The van der Waals surface area contributed by atoms with Gasteiger partial charge in [0.05, 0.1) is 27.3 Å². The van der Waals surface area contributed by atoms with Crippen LogP contribution in [0.1, 0.15) is 11.1 Å². The van der Waals surface area contributed by atoms with E-state index in [1.165, 1.54) is 0 Å². The van der Waals surface area contributed by atoms with Crippen molar-refractivity contribution in [1.82, 2.24) is 4.90 Å². The third-order valence-electron chi connectivity index (χ3n) is 4.25. The van der Waals surface area contributed by atoms with Gasteiger partial charge < -0.3 is 9.47 Å². The van der Waals surface area contributed by atoms with Gasteiger partial charge in [-0.1, -0.05) is 36.4 Å². The molecule has 2 aromatic rings. The zero-order valence-electron chi connectivity index (χ0n) is 15.0. The van der Waals surface area contributed by atoms with Crippen LogP contribution < -0.4 is 9.47 Å². The Kier molecular flexibility index (Phi) is 5.76.